The number of ether oxygens (including phenoxy) is 2. The molecule has 1 aliphatic rings. The van der Waals surface area contributed by atoms with Crippen LogP contribution in [0.1, 0.15) is 19.8 Å². The lowest BCUT2D eigenvalue weighted by molar-refractivity contribution is -0.125. The summed E-state index contributed by atoms with van der Waals surface area (Å²) in [6.45, 7) is 4.81. The van der Waals surface area contributed by atoms with Crippen LogP contribution in [0.2, 0.25) is 0 Å². The number of rotatable bonds is 7. The molecule has 0 aliphatic carbocycles. The van der Waals surface area contributed by atoms with Crippen molar-refractivity contribution in [1.82, 2.24) is 5.32 Å². The van der Waals surface area contributed by atoms with Gasteiger partial charge >= 0.3 is 0 Å². The van der Waals surface area contributed by atoms with E-state index in [1.54, 1.807) is 0 Å². The predicted molar refractivity (Wildman–Crippen MR) is 77.7 cm³/mol. The van der Waals surface area contributed by atoms with Crippen molar-refractivity contribution in [3.63, 3.8) is 0 Å². The van der Waals surface area contributed by atoms with Crippen LogP contribution in [0.25, 0.3) is 0 Å². The summed E-state index contributed by atoms with van der Waals surface area (Å²) in [5.74, 6) is 1.41. The second kappa shape index (κ2) is 7.90. The number of carbonyl (C=O) groups is 1. The molecule has 1 aliphatic heterocycles. The van der Waals surface area contributed by atoms with E-state index in [0.29, 0.717) is 12.5 Å². The second-order valence-corrected chi connectivity index (χ2v) is 5.33. The standard InChI is InChI=1S/C16H23NO3/c1-13(7-10-20-15-5-3-2-4-6-15)16(18)17-11-14-8-9-19-12-14/h2-6,13-14H,7-12H2,1H3,(H,17,18)/t13-,14-/m1/s1. The number of amides is 1. The largest absolute Gasteiger partial charge is 0.494 e. The highest BCUT2D eigenvalue weighted by atomic mass is 16.5. The fourth-order valence-corrected chi connectivity index (χ4v) is 2.16. The van der Waals surface area contributed by atoms with Crippen LogP contribution in [0.15, 0.2) is 30.3 Å². The lowest BCUT2D eigenvalue weighted by atomic mass is 10.1. The molecule has 1 heterocycles. The van der Waals surface area contributed by atoms with Crippen LogP contribution < -0.4 is 10.1 Å². The number of para-hydroxylation sites is 1. The Hall–Kier alpha value is -1.55. The van der Waals surface area contributed by atoms with Crippen molar-refractivity contribution in [2.45, 2.75) is 19.8 Å². The number of nitrogens with one attached hydrogen (secondary N) is 1. The van der Waals surface area contributed by atoms with Crippen LogP contribution >= 0.6 is 0 Å². The van der Waals surface area contributed by atoms with Gasteiger partial charge in [-0.05, 0) is 25.0 Å². The maximum absolute atomic E-state index is 11.9. The number of hydrogen-bond acceptors (Lipinski definition) is 3. The van der Waals surface area contributed by atoms with Gasteiger partial charge in [-0.25, -0.2) is 0 Å². The van der Waals surface area contributed by atoms with Crippen LogP contribution in [0.5, 0.6) is 5.75 Å². The Balaban J connectivity index is 1.61. The van der Waals surface area contributed by atoms with Gasteiger partial charge < -0.3 is 14.8 Å². The van der Waals surface area contributed by atoms with Crippen molar-refractivity contribution in [2.75, 3.05) is 26.4 Å². The fraction of sp³-hybridized carbons (Fsp3) is 0.562. The molecule has 0 radical (unpaired) electrons. The van der Waals surface area contributed by atoms with Crippen LogP contribution in [0.3, 0.4) is 0 Å². The highest BCUT2D eigenvalue weighted by Crippen LogP contribution is 2.12. The molecule has 20 heavy (non-hydrogen) atoms. The quantitative estimate of drug-likeness (QED) is 0.831. The first kappa shape index (κ1) is 14.9. The predicted octanol–water partition coefficient (Wildman–Crippen LogP) is 2.24. The third-order valence-electron chi connectivity index (χ3n) is 3.60. The summed E-state index contributed by atoms with van der Waals surface area (Å²) in [5, 5.41) is 3.00. The van der Waals surface area contributed by atoms with Crippen molar-refractivity contribution in [2.24, 2.45) is 11.8 Å². The fourth-order valence-electron chi connectivity index (χ4n) is 2.16. The highest BCUT2D eigenvalue weighted by molar-refractivity contribution is 5.78. The monoisotopic (exact) mass is 277 g/mol. The molecule has 0 unspecified atom stereocenters. The SMILES string of the molecule is C[C@H](CCOc1ccccc1)C(=O)NC[C@H]1CCOC1. The van der Waals surface area contributed by atoms with E-state index in [1.807, 2.05) is 37.3 Å². The van der Waals surface area contributed by atoms with Gasteiger partial charge in [0.1, 0.15) is 5.75 Å². The summed E-state index contributed by atoms with van der Waals surface area (Å²) >= 11 is 0. The Labute approximate surface area is 120 Å². The molecular formula is C16H23NO3. The first-order valence-corrected chi connectivity index (χ1v) is 7.29. The third kappa shape index (κ3) is 4.85. The minimum atomic E-state index is -0.0268. The third-order valence-corrected chi connectivity index (χ3v) is 3.60. The molecule has 4 heteroatoms. The van der Waals surface area contributed by atoms with Gasteiger partial charge in [-0.2, -0.15) is 0 Å². The van der Waals surface area contributed by atoms with Crippen molar-refractivity contribution in [1.29, 1.82) is 0 Å². The van der Waals surface area contributed by atoms with E-state index in [2.05, 4.69) is 5.32 Å². The summed E-state index contributed by atoms with van der Waals surface area (Å²) in [4.78, 5) is 11.9. The first-order chi connectivity index (χ1) is 9.75. The first-order valence-electron chi connectivity index (χ1n) is 7.29. The number of benzene rings is 1. The number of hydrogen-bond donors (Lipinski definition) is 1. The van der Waals surface area contributed by atoms with Crippen LogP contribution in [0, 0.1) is 11.8 Å². The van der Waals surface area contributed by atoms with Crippen LogP contribution in [-0.4, -0.2) is 32.3 Å². The van der Waals surface area contributed by atoms with Gasteiger partial charge in [0.05, 0.1) is 13.2 Å². The molecule has 1 amide bonds. The Bertz CT molecular complexity index is 401. The molecule has 1 fully saturated rings. The molecule has 1 aromatic rings. The molecule has 0 bridgehead atoms. The van der Waals surface area contributed by atoms with Gasteiger partial charge in [0.25, 0.3) is 0 Å². The molecule has 1 aromatic carbocycles. The van der Waals surface area contributed by atoms with E-state index in [4.69, 9.17) is 9.47 Å². The average molecular weight is 277 g/mol. The molecule has 2 atom stereocenters. The summed E-state index contributed by atoms with van der Waals surface area (Å²) in [5.41, 5.74) is 0. The Morgan fingerprint density at radius 2 is 2.25 bits per heavy atom. The zero-order chi connectivity index (χ0) is 14.2. The summed E-state index contributed by atoms with van der Waals surface area (Å²) in [6.07, 6.45) is 1.77. The van der Waals surface area contributed by atoms with E-state index in [-0.39, 0.29) is 11.8 Å². The van der Waals surface area contributed by atoms with Gasteiger partial charge in [-0.3, -0.25) is 4.79 Å². The Morgan fingerprint density at radius 3 is 2.95 bits per heavy atom. The van der Waals surface area contributed by atoms with E-state index in [9.17, 15) is 4.79 Å². The number of carbonyl (C=O) groups excluding carboxylic acids is 1. The van der Waals surface area contributed by atoms with E-state index in [0.717, 1.165) is 38.3 Å². The molecular weight excluding hydrogens is 254 g/mol. The van der Waals surface area contributed by atoms with Gasteiger partial charge in [0.2, 0.25) is 5.91 Å². The van der Waals surface area contributed by atoms with Gasteiger partial charge in [-0.1, -0.05) is 25.1 Å². The average Bonchev–Trinajstić information content (AvgIpc) is 2.99. The molecule has 0 saturated carbocycles. The highest BCUT2D eigenvalue weighted by Gasteiger charge is 2.18. The van der Waals surface area contributed by atoms with E-state index < -0.39 is 0 Å². The maximum atomic E-state index is 11.9. The molecule has 1 saturated heterocycles. The summed E-state index contributed by atoms with van der Waals surface area (Å²) < 4.78 is 10.9. The van der Waals surface area contributed by atoms with Gasteiger partial charge in [0.15, 0.2) is 0 Å². The van der Waals surface area contributed by atoms with Crippen molar-refractivity contribution in [3.8, 4) is 5.75 Å². The molecule has 2 rings (SSSR count). The molecule has 0 spiro atoms. The molecule has 110 valence electrons. The Kier molecular flexibility index (Phi) is 5.87. The minimum Gasteiger partial charge on any atom is -0.494 e. The minimum absolute atomic E-state index is 0.0268. The maximum Gasteiger partial charge on any atom is 0.222 e. The molecule has 1 N–H and O–H groups in total. The normalized spacial score (nSPS) is 19.6. The van der Waals surface area contributed by atoms with Crippen LogP contribution in [-0.2, 0) is 9.53 Å². The van der Waals surface area contributed by atoms with Crippen LogP contribution in [0.4, 0.5) is 0 Å². The Morgan fingerprint density at radius 1 is 1.45 bits per heavy atom. The van der Waals surface area contributed by atoms with E-state index in [1.165, 1.54) is 0 Å². The molecule has 4 nitrogen and oxygen atoms in total. The van der Waals surface area contributed by atoms with Gasteiger partial charge in [-0.15, -0.1) is 0 Å². The second-order valence-electron chi connectivity index (χ2n) is 5.33. The molecule has 0 aromatic heterocycles. The van der Waals surface area contributed by atoms with Crippen molar-refractivity contribution in [3.05, 3.63) is 30.3 Å². The zero-order valence-corrected chi connectivity index (χ0v) is 12.0. The van der Waals surface area contributed by atoms with Crippen molar-refractivity contribution >= 4 is 5.91 Å². The zero-order valence-electron chi connectivity index (χ0n) is 12.0. The topological polar surface area (TPSA) is 47.6 Å². The van der Waals surface area contributed by atoms with Gasteiger partial charge in [0, 0.05) is 25.0 Å². The smallest absolute Gasteiger partial charge is 0.222 e. The lowest BCUT2D eigenvalue weighted by Gasteiger charge is -2.14. The van der Waals surface area contributed by atoms with Crippen molar-refractivity contribution < 1.29 is 14.3 Å². The lowest BCUT2D eigenvalue weighted by Crippen LogP contribution is -2.34. The van der Waals surface area contributed by atoms with E-state index >= 15 is 0 Å². The summed E-state index contributed by atoms with van der Waals surface area (Å²) in [7, 11) is 0. The summed E-state index contributed by atoms with van der Waals surface area (Å²) in [6, 6.07) is 9.68.